The fourth-order valence-electron chi connectivity index (χ4n) is 2.06. The van der Waals surface area contributed by atoms with Crippen molar-refractivity contribution in [3.63, 3.8) is 0 Å². The van der Waals surface area contributed by atoms with Gasteiger partial charge in [-0.3, -0.25) is 0 Å². The Balaban J connectivity index is 2.08. The summed E-state index contributed by atoms with van der Waals surface area (Å²) in [7, 11) is 1.57. The van der Waals surface area contributed by atoms with Gasteiger partial charge in [0.25, 0.3) is 0 Å². The van der Waals surface area contributed by atoms with Crippen LogP contribution in [0.4, 0.5) is 0 Å². The van der Waals surface area contributed by atoms with Crippen LogP contribution in [-0.2, 0) is 0 Å². The summed E-state index contributed by atoms with van der Waals surface area (Å²) in [5.41, 5.74) is 1.87. The lowest BCUT2D eigenvalue weighted by Crippen LogP contribution is -1.93. The van der Waals surface area contributed by atoms with Gasteiger partial charge in [0, 0.05) is 6.07 Å². The number of phenolic OH excluding ortho intramolecular Hbond substituents is 1. The summed E-state index contributed by atoms with van der Waals surface area (Å²) in [5.74, 6) is 1.83. The number of imidazole rings is 1. The summed E-state index contributed by atoms with van der Waals surface area (Å²) in [6, 6.07) is 8.60. The van der Waals surface area contributed by atoms with Crippen molar-refractivity contribution in [2.45, 2.75) is 6.92 Å². The van der Waals surface area contributed by atoms with Crippen LogP contribution in [0.2, 0.25) is 0 Å². The number of H-pyrrole nitrogens is 1. The minimum Gasteiger partial charge on any atom is -0.507 e. The van der Waals surface area contributed by atoms with E-state index in [4.69, 9.17) is 9.47 Å². The molecule has 0 fully saturated rings. The van der Waals surface area contributed by atoms with Gasteiger partial charge in [-0.2, -0.15) is 4.98 Å². The number of aromatic nitrogens is 3. The Morgan fingerprint density at radius 1 is 1.19 bits per heavy atom. The smallest absolute Gasteiger partial charge is 0.215 e. The SMILES string of the molecule is CCOc1ccc2[nH]c(-c3cc(OC)ccc3O)nc2n1. The van der Waals surface area contributed by atoms with E-state index in [0.717, 1.165) is 5.52 Å². The van der Waals surface area contributed by atoms with E-state index in [2.05, 4.69) is 15.0 Å². The number of benzene rings is 1. The molecule has 0 bridgehead atoms. The fourth-order valence-corrected chi connectivity index (χ4v) is 2.06. The third-order valence-corrected chi connectivity index (χ3v) is 3.07. The Morgan fingerprint density at radius 3 is 2.81 bits per heavy atom. The summed E-state index contributed by atoms with van der Waals surface area (Å²) in [6.07, 6.45) is 0. The van der Waals surface area contributed by atoms with E-state index in [1.165, 1.54) is 0 Å². The molecule has 0 atom stereocenters. The van der Waals surface area contributed by atoms with Gasteiger partial charge in [-0.1, -0.05) is 0 Å². The average molecular weight is 285 g/mol. The molecule has 6 heteroatoms. The number of aromatic hydroxyl groups is 1. The van der Waals surface area contributed by atoms with Crippen LogP contribution in [0.5, 0.6) is 17.4 Å². The van der Waals surface area contributed by atoms with Crippen molar-refractivity contribution >= 4 is 11.2 Å². The van der Waals surface area contributed by atoms with Gasteiger partial charge in [-0.05, 0) is 31.2 Å². The van der Waals surface area contributed by atoms with Gasteiger partial charge < -0.3 is 19.6 Å². The predicted molar refractivity (Wildman–Crippen MR) is 78.7 cm³/mol. The van der Waals surface area contributed by atoms with Crippen LogP contribution in [0.25, 0.3) is 22.6 Å². The Labute approximate surface area is 121 Å². The van der Waals surface area contributed by atoms with Gasteiger partial charge in [-0.15, -0.1) is 0 Å². The summed E-state index contributed by atoms with van der Waals surface area (Å²) in [6.45, 7) is 2.45. The summed E-state index contributed by atoms with van der Waals surface area (Å²) >= 11 is 0. The van der Waals surface area contributed by atoms with Gasteiger partial charge in [0.1, 0.15) is 17.3 Å². The van der Waals surface area contributed by atoms with E-state index >= 15 is 0 Å². The van der Waals surface area contributed by atoms with Crippen LogP contribution in [-0.4, -0.2) is 33.8 Å². The number of rotatable bonds is 4. The van der Waals surface area contributed by atoms with E-state index < -0.39 is 0 Å². The van der Waals surface area contributed by atoms with Crippen molar-refractivity contribution in [1.29, 1.82) is 0 Å². The molecule has 3 rings (SSSR count). The monoisotopic (exact) mass is 285 g/mol. The quantitative estimate of drug-likeness (QED) is 0.770. The number of ether oxygens (including phenoxy) is 2. The Bertz CT molecular complexity index is 783. The maximum Gasteiger partial charge on any atom is 0.215 e. The highest BCUT2D eigenvalue weighted by molar-refractivity contribution is 5.78. The van der Waals surface area contributed by atoms with Crippen molar-refractivity contribution in [2.75, 3.05) is 13.7 Å². The number of aromatic amines is 1. The van der Waals surface area contributed by atoms with Crippen molar-refractivity contribution in [1.82, 2.24) is 15.0 Å². The molecule has 0 spiro atoms. The van der Waals surface area contributed by atoms with Crippen molar-refractivity contribution in [2.24, 2.45) is 0 Å². The maximum absolute atomic E-state index is 9.99. The number of nitrogens with one attached hydrogen (secondary N) is 1. The van der Waals surface area contributed by atoms with Gasteiger partial charge in [0.2, 0.25) is 5.88 Å². The standard InChI is InChI=1S/C15H15N3O3/c1-3-21-13-7-5-11-15(17-13)18-14(16-11)10-8-9(20-2)4-6-12(10)19/h4-8,19H,3H2,1-2H3,(H,16,17,18). The number of hydrogen-bond acceptors (Lipinski definition) is 5. The highest BCUT2D eigenvalue weighted by atomic mass is 16.5. The third-order valence-electron chi connectivity index (χ3n) is 3.07. The van der Waals surface area contributed by atoms with Crippen LogP contribution in [0, 0.1) is 0 Å². The number of pyridine rings is 1. The molecule has 0 saturated heterocycles. The van der Waals surface area contributed by atoms with Gasteiger partial charge in [0.05, 0.1) is 24.8 Å². The molecule has 0 amide bonds. The molecule has 108 valence electrons. The minimum atomic E-state index is 0.125. The predicted octanol–water partition coefficient (Wildman–Crippen LogP) is 2.74. The molecule has 21 heavy (non-hydrogen) atoms. The number of nitrogens with zero attached hydrogens (tertiary/aromatic N) is 2. The molecule has 0 aliphatic heterocycles. The molecule has 0 aliphatic carbocycles. The zero-order chi connectivity index (χ0) is 14.8. The second kappa shape index (κ2) is 5.32. The van der Waals surface area contributed by atoms with E-state index in [9.17, 15) is 5.11 Å². The lowest BCUT2D eigenvalue weighted by atomic mass is 10.2. The van der Waals surface area contributed by atoms with Crippen molar-refractivity contribution in [3.05, 3.63) is 30.3 Å². The lowest BCUT2D eigenvalue weighted by Gasteiger charge is -2.04. The zero-order valence-corrected chi connectivity index (χ0v) is 11.8. The summed E-state index contributed by atoms with van der Waals surface area (Å²) in [4.78, 5) is 11.8. The molecule has 0 saturated carbocycles. The Hall–Kier alpha value is -2.76. The first kappa shape index (κ1) is 13.2. The van der Waals surface area contributed by atoms with Gasteiger partial charge in [0.15, 0.2) is 5.65 Å². The second-order valence-corrected chi connectivity index (χ2v) is 4.42. The third kappa shape index (κ3) is 2.47. The van der Waals surface area contributed by atoms with E-state index in [1.807, 2.05) is 13.0 Å². The zero-order valence-electron chi connectivity index (χ0n) is 11.8. The molecule has 1 aromatic carbocycles. The minimum absolute atomic E-state index is 0.125. The largest absolute Gasteiger partial charge is 0.507 e. The highest BCUT2D eigenvalue weighted by Gasteiger charge is 2.12. The van der Waals surface area contributed by atoms with E-state index in [1.54, 1.807) is 31.4 Å². The normalized spacial score (nSPS) is 10.8. The number of methoxy groups -OCH3 is 1. The Morgan fingerprint density at radius 2 is 2.05 bits per heavy atom. The molecular formula is C15H15N3O3. The van der Waals surface area contributed by atoms with E-state index in [0.29, 0.717) is 35.3 Å². The number of hydrogen-bond donors (Lipinski definition) is 2. The average Bonchev–Trinajstić information content (AvgIpc) is 2.91. The van der Waals surface area contributed by atoms with Crippen LogP contribution < -0.4 is 9.47 Å². The van der Waals surface area contributed by atoms with Crippen molar-refractivity contribution < 1.29 is 14.6 Å². The van der Waals surface area contributed by atoms with Crippen LogP contribution in [0.1, 0.15) is 6.92 Å². The van der Waals surface area contributed by atoms with Gasteiger partial charge in [-0.25, -0.2) is 4.98 Å². The first-order valence-corrected chi connectivity index (χ1v) is 6.58. The van der Waals surface area contributed by atoms with E-state index in [-0.39, 0.29) is 5.75 Å². The molecular weight excluding hydrogens is 270 g/mol. The molecule has 2 N–H and O–H groups in total. The lowest BCUT2D eigenvalue weighted by molar-refractivity contribution is 0.328. The van der Waals surface area contributed by atoms with Crippen LogP contribution in [0.15, 0.2) is 30.3 Å². The summed E-state index contributed by atoms with van der Waals surface area (Å²) < 4.78 is 10.5. The molecule has 2 heterocycles. The van der Waals surface area contributed by atoms with Crippen LogP contribution in [0.3, 0.4) is 0 Å². The summed E-state index contributed by atoms with van der Waals surface area (Å²) in [5, 5.41) is 9.99. The highest BCUT2D eigenvalue weighted by Crippen LogP contribution is 2.31. The molecule has 0 unspecified atom stereocenters. The molecule has 3 aromatic rings. The second-order valence-electron chi connectivity index (χ2n) is 4.42. The molecule has 6 nitrogen and oxygen atoms in total. The van der Waals surface area contributed by atoms with Crippen LogP contribution >= 0.6 is 0 Å². The first-order chi connectivity index (χ1) is 10.2. The molecule has 2 aromatic heterocycles. The first-order valence-electron chi connectivity index (χ1n) is 6.58. The Kier molecular flexibility index (Phi) is 3.35. The van der Waals surface area contributed by atoms with Crippen molar-refractivity contribution in [3.8, 4) is 28.8 Å². The number of fused-ring (bicyclic) bond motifs is 1. The number of phenols is 1. The topological polar surface area (TPSA) is 80.3 Å². The fraction of sp³-hybridized carbons (Fsp3) is 0.200. The maximum atomic E-state index is 9.99. The molecule has 0 radical (unpaired) electrons. The molecule has 0 aliphatic rings. The van der Waals surface area contributed by atoms with Gasteiger partial charge >= 0.3 is 0 Å².